The molecule has 5 heteroatoms. The molecule has 0 aromatic carbocycles. The molecular weight excluding hydrogens is 214 g/mol. The van der Waals surface area contributed by atoms with Crippen molar-refractivity contribution < 1.29 is 0 Å². The molecule has 1 aliphatic heterocycles. The molecule has 1 aromatic rings. The van der Waals surface area contributed by atoms with Crippen molar-refractivity contribution in [2.75, 3.05) is 26.2 Å². The Bertz CT molecular complexity index is 356. The van der Waals surface area contributed by atoms with E-state index in [4.69, 9.17) is 0 Å². The van der Waals surface area contributed by atoms with Crippen molar-refractivity contribution in [1.82, 2.24) is 25.2 Å². The van der Waals surface area contributed by atoms with E-state index in [0.29, 0.717) is 6.04 Å². The molecule has 1 atom stereocenters. The molecule has 0 radical (unpaired) electrons. The van der Waals surface area contributed by atoms with Gasteiger partial charge in [-0.15, -0.1) is 5.10 Å². The van der Waals surface area contributed by atoms with E-state index in [1.807, 2.05) is 0 Å². The predicted molar refractivity (Wildman–Crippen MR) is 67.9 cm³/mol. The maximum atomic E-state index is 4.32. The van der Waals surface area contributed by atoms with E-state index >= 15 is 0 Å². The second kappa shape index (κ2) is 5.60. The maximum Gasteiger partial charge on any atom is 0.0997 e. The highest BCUT2D eigenvalue weighted by molar-refractivity contribution is 5.14. The number of nitrogens with zero attached hydrogens (tertiary/aromatic N) is 4. The van der Waals surface area contributed by atoms with Gasteiger partial charge in [-0.2, -0.15) is 0 Å². The largest absolute Gasteiger partial charge is 0.311 e. The first-order chi connectivity index (χ1) is 8.26. The van der Waals surface area contributed by atoms with Crippen molar-refractivity contribution in [2.24, 2.45) is 0 Å². The molecule has 0 aliphatic carbocycles. The highest BCUT2D eigenvalue weighted by Gasteiger charge is 2.20. The van der Waals surface area contributed by atoms with Crippen LogP contribution in [0.2, 0.25) is 0 Å². The Morgan fingerprint density at radius 2 is 2.18 bits per heavy atom. The van der Waals surface area contributed by atoms with Crippen LogP contribution in [-0.4, -0.2) is 46.1 Å². The van der Waals surface area contributed by atoms with Crippen LogP contribution in [0.5, 0.6) is 0 Å². The molecule has 2 rings (SSSR count). The van der Waals surface area contributed by atoms with Gasteiger partial charge in [0.1, 0.15) is 0 Å². The lowest BCUT2D eigenvalue weighted by Crippen LogP contribution is -2.32. The fraction of sp³-hybridized carbons (Fsp3) is 0.833. The summed E-state index contributed by atoms with van der Waals surface area (Å²) in [6.07, 6.45) is 1.05. The minimum atomic E-state index is 0.407. The Hall–Kier alpha value is -0.940. The van der Waals surface area contributed by atoms with E-state index in [9.17, 15) is 0 Å². The van der Waals surface area contributed by atoms with Gasteiger partial charge in [-0.05, 0) is 20.0 Å². The van der Waals surface area contributed by atoms with Crippen LogP contribution in [0.1, 0.15) is 38.2 Å². The Balaban J connectivity index is 2.08. The van der Waals surface area contributed by atoms with Crippen LogP contribution in [0.25, 0.3) is 0 Å². The van der Waals surface area contributed by atoms with Crippen LogP contribution in [0.4, 0.5) is 0 Å². The Morgan fingerprint density at radius 1 is 1.41 bits per heavy atom. The molecule has 1 N–H and O–H groups in total. The van der Waals surface area contributed by atoms with Gasteiger partial charge in [0.25, 0.3) is 0 Å². The molecule has 0 fully saturated rings. The summed E-state index contributed by atoms with van der Waals surface area (Å²) in [5.74, 6) is 0. The molecule has 96 valence electrons. The van der Waals surface area contributed by atoms with Crippen LogP contribution in [-0.2, 0) is 13.0 Å². The topological polar surface area (TPSA) is 46.0 Å². The molecule has 0 amide bonds. The zero-order valence-corrected chi connectivity index (χ0v) is 11.1. The summed E-state index contributed by atoms with van der Waals surface area (Å²) in [5, 5.41) is 11.9. The number of aromatic nitrogens is 3. The van der Waals surface area contributed by atoms with Crippen molar-refractivity contribution >= 4 is 0 Å². The third-order valence-electron chi connectivity index (χ3n) is 3.54. The molecule has 17 heavy (non-hydrogen) atoms. The Morgan fingerprint density at radius 3 is 2.88 bits per heavy atom. The number of likely N-dealkylation sites (N-methyl/N-ethyl adjacent to an activating group) is 1. The maximum absolute atomic E-state index is 4.32. The van der Waals surface area contributed by atoms with E-state index in [0.717, 1.165) is 44.8 Å². The van der Waals surface area contributed by atoms with Gasteiger partial charge in [0.05, 0.1) is 17.4 Å². The standard InChI is InChI=1S/C12H23N5/c1-4-16(5-2)9-10(3)17-12-6-7-13-8-11(12)14-15-17/h10,13H,4-9H2,1-3H3. The average molecular weight is 237 g/mol. The summed E-state index contributed by atoms with van der Waals surface area (Å²) < 4.78 is 2.12. The molecular formula is C12H23N5. The van der Waals surface area contributed by atoms with Crippen LogP contribution in [0, 0.1) is 0 Å². The summed E-state index contributed by atoms with van der Waals surface area (Å²) >= 11 is 0. The summed E-state index contributed by atoms with van der Waals surface area (Å²) in [6, 6.07) is 0.407. The fourth-order valence-electron chi connectivity index (χ4n) is 2.44. The van der Waals surface area contributed by atoms with E-state index in [-0.39, 0.29) is 0 Å². The SMILES string of the molecule is CCN(CC)CC(C)n1nnc2c1CCNC2. The average Bonchev–Trinajstić information content (AvgIpc) is 2.79. The minimum Gasteiger partial charge on any atom is -0.311 e. The molecule has 1 aliphatic rings. The first-order valence-electron chi connectivity index (χ1n) is 6.62. The summed E-state index contributed by atoms with van der Waals surface area (Å²) in [4.78, 5) is 2.43. The lowest BCUT2D eigenvalue weighted by molar-refractivity contribution is 0.248. The van der Waals surface area contributed by atoms with Crippen molar-refractivity contribution in [3.8, 4) is 0 Å². The zero-order valence-electron chi connectivity index (χ0n) is 11.1. The quantitative estimate of drug-likeness (QED) is 0.824. The summed E-state index contributed by atoms with van der Waals surface area (Å²) in [7, 11) is 0. The first kappa shape index (κ1) is 12.5. The van der Waals surface area contributed by atoms with Gasteiger partial charge < -0.3 is 10.2 Å². The molecule has 1 aromatic heterocycles. The third kappa shape index (κ3) is 2.66. The van der Waals surface area contributed by atoms with Crippen molar-refractivity contribution in [3.05, 3.63) is 11.4 Å². The molecule has 5 nitrogen and oxygen atoms in total. The lowest BCUT2D eigenvalue weighted by Gasteiger charge is -2.24. The third-order valence-corrected chi connectivity index (χ3v) is 3.54. The Labute approximate surface area is 103 Å². The van der Waals surface area contributed by atoms with Gasteiger partial charge in [0.2, 0.25) is 0 Å². The lowest BCUT2D eigenvalue weighted by atomic mass is 10.1. The van der Waals surface area contributed by atoms with Crippen LogP contribution in [0.3, 0.4) is 0 Å². The second-order valence-corrected chi connectivity index (χ2v) is 4.69. The van der Waals surface area contributed by atoms with Crippen molar-refractivity contribution in [2.45, 2.75) is 39.8 Å². The van der Waals surface area contributed by atoms with Gasteiger partial charge in [0.15, 0.2) is 0 Å². The van der Waals surface area contributed by atoms with E-state index < -0.39 is 0 Å². The van der Waals surface area contributed by atoms with Gasteiger partial charge >= 0.3 is 0 Å². The second-order valence-electron chi connectivity index (χ2n) is 4.69. The first-order valence-corrected chi connectivity index (χ1v) is 6.62. The van der Waals surface area contributed by atoms with Crippen molar-refractivity contribution in [3.63, 3.8) is 0 Å². The monoisotopic (exact) mass is 237 g/mol. The molecule has 0 saturated carbocycles. The normalized spacial score (nSPS) is 17.2. The van der Waals surface area contributed by atoms with E-state index in [1.54, 1.807) is 0 Å². The fourth-order valence-corrected chi connectivity index (χ4v) is 2.44. The van der Waals surface area contributed by atoms with Gasteiger partial charge in [-0.1, -0.05) is 19.1 Å². The number of hydrogen-bond donors (Lipinski definition) is 1. The highest BCUT2D eigenvalue weighted by atomic mass is 15.5. The van der Waals surface area contributed by atoms with E-state index in [1.165, 1.54) is 5.69 Å². The Kier molecular flexibility index (Phi) is 4.12. The molecule has 0 spiro atoms. The van der Waals surface area contributed by atoms with Gasteiger partial charge in [-0.25, -0.2) is 4.68 Å². The predicted octanol–water partition coefficient (Wildman–Crippen LogP) is 0.827. The minimum absolute atomic E-state index is 0.407. The molecule has 0 saturated heterocycles. The van der Waals surface area contributed by atoms with Crippen molar-refractivity contribution in [1.29, 1.82) is 0 Å². The summed E-state index contributed by atoms with van der Waals surface area (Å²) in [5.41, 5.74) is 2.45. The highest BCUT2D eigenvalue weighted by Crippen LogP contribution is 2.16. The van der Waals surface area contributed by atoms with Gasteiger partial charge in [-0.3, -0.25) is 0 Å². The number of hydrogen-bond acceptors (Lipinski definition) is 4. The van der Waals surface area contributed by atoms with Crippen LogP contribution < -0.4 is 5.32 Å². The number of fused-ring (bicyclic) bond motifs is 1. The van der Waals surface area contributed by atoms with E-state index in [2.05, 4.69) is 46.0 Å². The molecule has 2 heterocycles. The zero-order chi connectivity index (χ0) is 12.3. The molecule has 0 bridgehead atoms. The van der Waals surface area contributed by atoms with Crippen LogP contribution >= 0.6 is 0 Å². The number of rotatable bonds is 5. The van der Waals surface area contributed by atoms with Gasteiger partial charge in [0, 0.05) is 26.1 Å². The smallest absolute Gasteiger partial charge is 0.0997 e. The molecule has 1 unspecified atom stereocenters. The van der Waals surface area contributed by atoms with Crippen LogP contribution in [0.15, 0.2) is 0 Å². The number of nitrogens with one attached hydrogen (secondary N) is 1. The summed E-state index contributed by atoms with van der Waals surface area (Å²) in [6.45, 7) is 11.8.